The van der Waals surface area contributed by atoms with Crippen LogP contribution in [-0.2, 0) is 4.79 Å². The summed E-state index contributed by atoms with van der Waals surface area (Å²) in [5.41, 5.74) is 0.888. The molecule has 0 bridgehead atoms. The lowest BCUT2D eigenvalue weighted by Crippen LogP contribution is -2.40. The van der Waals surface area contributed by atoms with Crippen LogP contribution in [0.15, 0.2) is 18.2 Å². The Kier molecular flexibility index (Phi) is 3.83. The van der Waals surface area contributed by atoms with Crippen LogP contribution in [0.1, 0.15) is 28.8 Å². The van der Waals surface area contributed by atoms with Crippen molar-refractivity contribution in [2.45, 2.75) is 19.8 Å². The minimum atomic E-state index is -0.825. The molecule has 102 valence electrons. The highest BCUT2D eigenvalue weighted by molar-refractivity contribution is 5.94. The minimum absolute atomic E-state index is 0.0637. The van der Waals surface area contributed by atoms with E-state index in [1.165, 1.54) is 17.0 Å². The maximum absolute atomic E-state index is 13.6. The third kappa shape index (κ3) is 2.92. The summed E-state index contributed by atoms with van der Waals surface area (Å²) in [6, 6.07) is 4.43. The number of carboxylic acids is 1. The fourth-order valence-corrected chi connectivity index (χ4v) is 2.30. The van der Waals surface area contributed by atoms with Crippen LogP contribution in [-0.4, -0.2) is 35.0 Å². The van der Waals surface area contributed by atoms with Crippen molar-refractivity contribution < 1.29 is 19.1 Å². The average molecular weight is 265 g/mol. The molecule has 1 aliphatic rings. The fraction of sp³-hybridized carbons (Fsp3) is 0.429. The van der Waals surface area contributed by atoms with Gasteiger partial charge in [-0.05, 0) is 31.9 Å². The van der Waals surface area contributed by atoms with Crippen LogP contribution >= 0.6 is 0 Å². The molecule has 2 rings (SSSR count). The zero-order valence-electron chi connectivity index (χ0n) is 10.7. The van der Waals surface area contributed by atoms with Gasteiger partial charge in [0.2, 0.25) is 0 Å². The van der Waals surface area contributed by atoms with Crippen LogP contribution in [0.25, 0.3) is 0 Å². The molecule has 0 atom stereocenters. The van der Waals surface area contributed by atoms with Crippen LogP contribution in [0.4, 0.5) is 4.39 Å². The second-order valence-corrected chi connectivity index (χ2v) is 4.89. The summed E-state index contributed by atoms with van der Waals surface area (Å²) in [5, 5.41) is 8.90. The minimum Gasteiger partial charge on any atom is -0.481 e. The SMILES string of the molecule is Cc1ccc(F)c(C(=O)N2CCC(C(=O)O)CC2)c1. The number of hydrogen-bond donors (Lipinski definition) is 1. The van der Waals surface area contributed by atoms with Gasteiger partial charge in [-0.1, -0.05) is 11.6 Å². The molecule has 1 aliphatic heterocycles. The highest BCUT2D eigenvalue weighted by atomic mass is 19.1. The molecule has 4 nitrogen and oxygen atoms in total. The molecule has 1 aromatic carbocycles. The summed E-state index contributed by atoms with van der Waals surface area (Å²) >= 11 is 0. The molecule has 0 spiro atoms. The van der Waals surface area contributed by atoms with E-state index in [1.807, 2.05) is 0 Å². The third-order valence-electron chi connectivity index (χ3n) is 3.48. The molecule has 0 saturated carbocycles. The van der Waals surface area contributed by atoms with E-state index in [2.05, 4.69) is 0 Å². The summed E-state index contributed by atoms with van der Waals surface area (Å²) in [4.78, 5) is 24.5. The molecule has 1 heterocycles. The second kappa shape index (κ2) is 5.38. The highest BCUT2D eigenvalue weighted by Crippen LogP contribution is 2.20. The summed E-state index contributed by atoms with van der Waals surface area (Å²) in [6.07, 6.45) is 0.850. The van der Waals surface area contributed by atoms with Gasteiger partial charge in [-0.25, -0.2) is 4.39 Å². The Morgan fingerprint density at radius 3 is 2.53 bits per heavy atom. The third-order valence-corrected chi connectivity index (χ3v) is 3.48. The van der Waals surface area contributed by atoms with Crippen LogP contribution in [0.5, 0.6) is 0 Å². The van der Waals surface area contributed by atoms with E-state index in [-0.39, 0.29) is 11.5 Å². The molecule has 0 aliphatic carbocycles. The zero-order chi connectivity index (χ0) is 14.0. The molecule has 1 saturated heterocycles. The van der Waals surface area contributed by atoms with Gasteiger partial charge in [-0.15, -0.1) is 0 Å². The first kappa shape index (κ1) is 13.5. The van der Waals surface area contributed by atoms with Crippen LogP contribution in [0, 0.1) is 18.7 Å². The first-order valence-electron chi connectivity index (χ1n) is 6.27. The van der Waals surface area contributed by atoms with Crippen LogP contribution < -0.4 is 0 Å². The van der Waals surface area contributed by atoms with Gasteiger partial charge in [-0.3, -0.25) is 9.59 Å². The number of carbonyl (C=O) groups excluding carboxylic acids is 1. The van der Waals surface area contributed by atoms with Gasteiger partial charge in [0.15, 0.2) is 0 Å². The van der Waals surface area contributed by atoms with Crippen molar-refractivity contribution in [3.8, 4) is 0 Å². The molecule has 1 amide bonds. The standard InChI is InChI=1S/C14H16FNO3/c1-9-2-3-12(15)11(8-9)13(17)16-6-4-10(5-7-16)14(18)19/h2-3,8,10H,4-7H2,1H3,(H,18,19). The van der Waals surface area contributed by atoms with Gasteiger partial charge in [-0.2, -0.15) is 0 Å². The van der Waals surface area contributed by atoms with Gasteiger partial charge in [0, 0.05) is 13.1 Å². The Hall–Kier alpha value is -1.91. The molecule has 0 unspecified atom stereocenters. The van der Waals surface area contributed by atoms with E-state index in [0.717, 1.165) is 5.56 Å². The van der Waals surface area contributed by atoms with Crippen molar-refractivity contribution >= 4 is 11.9 Å². The Morgan fingerprint density at radius 1 is 1.32 bits per heavy atom. The molecular weight excluding hydrogens is 249 g/mol. The number of hydrogen-bond acceptors (Lipinski definition) is 2. The van der Waals surface area contributed by atoms with Gasteiger partial charge in [0.25, 0.3) is 5.91 Å². The van der Waals surface area contributed by atoms with Crippen molar-refractivity contribution in [3.05, 3.63) is 35.1 Å². The normalized spacial score (nSPS) is 16.4. The van der Waals surface area contributed by atoms with Crippen LogP contribution in [0.2, 0.25) is 0 Å². The fourth-order valence-electron chi connectivity index (χ4n) is 2.30. The molecule has 5 heteroatoms. The highest BCUT2D eigenvalue weighted by Gasteiger charge is 2.28. The van der Waals surface area contributed by atoms with Crippen molar-refractivity contribution in [3.63, 3.8) is 0 Å². The van der Waals surface area contributed by atoms with Crippen molar-refractivity contribution in [2.24, 2.45) is 5.92 Å². The summed E-state index contributed by atoms with van der Waals surface area (Å²) in [6.45, 7) is 2.53. The van der Waals surface area contributed by atoms with Gasteiger partial charge in [0.05, 0.1) is 11.5 Å². The predicted octanol–water partition coefficient (Wildman–Crippen LogP) is 2.07. The van der Waals surface area contributed by atoms with E-state index in [4.69, 9.17) is 5.11 Å². The number of nitrogens with zero attached hydrogens (tertiary/aromatic N) is 1. The Balaban J connectivity index is 2.09. The molecule has 1 N–H and O–H groups in total. The number of aryl methyl sites for hydroxylation is 1. The molecule has 1 aromatic rings. The molecule has 1 fully saturated rings. The monoisotopic (exact) mass is 265 g/mol. The number of aliphatic carboxylic acids is 1. The molecule has 0 aromatic heterocycles. The predicted molar refractivity (Wildman–Crippen MR) is 67.4 cm³/mol. The lowest BCUT2D eigenvalue weighted by molar-refractivity contribution is -0.143. The largest absolute Gasteiger partial charge is 0.481 e. The molecule has 19 heavy (non-hydrogen) atoms. The number of carbonyl (C=O) groups is 2. The van der Waals surface area contributed by atoms with Crippen molar-refractivity contribution in [1.29, 1.82) is 0 Å². The number of benzene rings is 1. The smallest absolute Gasteiger partial charge is 0.306 e. The summed E-state index contributed by atoms with van der Waals surface area (Å²) in [7, 11) is 0. The van der Waals surface area contributed by atoms with E-state index in [0.29, 0.717) is 25.9 Å². The Labute approximate surface area is 110 Å². The topological polar surface area (TPSA) is 57.6 Å². The van der Waals surface area contributed by atoms with Crippen molar-refractivity contribution in [1.82, 2.24) is 4.90 Å². The lowest BCUT2D eigenvalue weighted by atomic mass is 9.96. The number of piperidine rings is 1. The van der Waals surface area contributed by atoms with Crippen molar-refractivity contribution in [2.75, 3.05) is 13.1 Å². The zero-order valence-corrected chi connectivity index (χ0v) is 10.7. The summed E-state index contributed by atoms with van der Waals surface area (Å²) in [5.74, 6) is -2.11. The second-order valence-electron chi connectivity index (χ2n) is 4.89. The first-order chi connectivity index (χ1) is 8.99. The maximum Gasteiger partial charge on any atom is 0.306 e. The molecular formula is C14H16FNO3. The number of carboxylic acid groups (broad SMARTS) is 1. The van der Waals surface area contributed by atoms with Crippen LogP contribution in [0.3, 0.4) is 0 Å². The van der Waals surface area contributed by atoms with E-state index < -0.39 is 17.7 Å². The lowest BCUT2D eigenvalue weighted by Gasteiger charge is -2.30. The maximum atomic E-state index is 13.6. The number of amides is 1. The first-order valence-corrected chi connectivity index (χ1v) is 6.27. The van der Waals surface area contributed by atoms with Gasteiger partial charge >= 0.3 is 5.97 Å². The quantitative estimate of drug-likeness (QED) is 0.890. The number of halogens is 1. The Morgan fingerprint density at radius 2 is 1.95 bits per heavy atom. The van der Waals surface area contributed by atoms with E-state index in [9.17, 15) is 14.0 Å². The van der Waals surface area contributed by atoms with E-state index >= 15 is 0 Å². The summed E-state index contributed by atoms with van der Waals surface area (Å²) < 4.78 is 13.6. The van der Waals surface area contributed by atoms with Gasteiger partial charge < -0.3 is 10.0 Å². The Bertz CT molecular complexity index is 507. The van der Waals surface area contributed by atoms with Gasteiger partial charge in [0.1, 0.15) is 5.82 Å². The molecule has 0 radical (unpaired) electrons. The average Bonchev–Trinajstić information content (AvgIpc) is 2.41. The number of rotatable bonds is 2. The number of likely N-dealkylation sites (tertiary alicyclic amines) is 1. The van der Waals surface area contributed by atoms with E-state index in [1.54, 1.807) is 13.0 Å².